The van der Waals surface area contributed by atoms with Crippen LogP contribution in [0.15, 0.2) is 29.4 Å². The Morgan fingerprint density at radius 2 is 2.00 bits per heavy atom. The van der Waals surface area contributed by atoms with E-state index in [2.05, 4.69) is 29.2 Å². The maximum Gasteiger partial charge on any atom is 0.190 e. The molecule has 7 heteroatoms. The van der Waals surface area contributed by atoms with E-state index in [0.717, 1.165) is 5.75 Å². The third kappa shape index (κ3) is 3.72. The molecule has 22 heavy (non-hydrogen) atoms. The Morgan fingerprint density at radius 3 is 2.55 bits per heavy atom. The molecule has 0 amide bonds. The number of nitrogens with zero attached hydrogens (tertiary/aromatic N) is 3. The Balaban J connectivity index is 2.52. The molecule has 114 valence electrons. The minimum atomic E-state index is -0.345. The summed E-state index contributed by atoms with van der Waals surface area (Å²) in [4.78, 5) is 8.69. The Morgan fingerprint density at radius 1 is 1.32 bits per heavy atom. The number of hydrogen-bond donors (Lipinski definition) is 2. The van der Waals surface area contributed by atoms with E-state index < -0.39 is 0 Å². The average molecular weight is 317 g/mol. The summed E-state index contributed by atoms with van der Waals surface area (Å²) in [5.41, 5.74) is 3.76. The number of hydrogen-bond acceptors (Lipinski definition) is 6. The van der Waals surface area contributed by atoms with Crippen LogP contribution in [-0.2, 0) is 0 Å². The molecule has 0 saturated heterocycles. The molecule has 3 N–H and O–H groups in total. The normalized spacial score (nSPS) is 10.5. The zero-order valence-electron chi connectivity index (χ0n) is 12.3. The van der Waals surface area contributed by atoms with Crippen molar-refractivity contribution in [3.63, 3.8) is 0 Å². The Bertz CT molecular complexity index is 694. The molecule has 0 atom stereocenters. The summed E-state index contributed by atoms with van der Waals surface area (Å²) in [7, 11) is 0. The second kappa shape index (κ2) is 7.20. The van der Waals surface area contributed by atoms with Crippen molar-refractivity contribution in [1.82, 2.24) is 9.97 Å². The lowest BCUT2D eigenvalue weighted by atomic mass is 10.1. The highest BCUT2D eigenvalue weighted by Gasteiger charge is 2.16. The van der Waals surface area contributed by atoms with Crippen molar-refractivity contribution >= 4 is 17.6 Å². The summed E-state index contributed by atoms with van der Waals surface area (Å²) >= 11 is 1.49. The molecule has 0 spiro atoms. The average Bonchev–Trinajstić information content (AvgIpc) is 2.52. The van der Waals surface area contributed by atoms with Crippen LogP contribution in [0.5, 0.6) is 0 Å². The summed E-state index contributed by atoms with van der Waals surface area (Å²) in [6.07, 6.45) is 0. The summed E-state index contributed by atoms with van der Waals surface area (Å²) in [6.45, 7) is 4.19. The second-order valence-electron chi connectivity index (χ2n) is 5.05. The number of aromatic nitrogens is 2. The van der Waals surface area contributed by atoms with E-state index in [0.29, 0.717) is 22.3 Å². The fourth-order valence-corrected chi connectivity index (χ4v) is 2.57. The summed E-state index contributed by atoms with van der Waals surface area (Å²) < 4.78 is 13.1. The predicted octanol–water partition coefficient (Wildman–Crippen LogP) is 3.19. The van der Waals surface area contributed by atoms with E-state index in [9.17, 15) is 9.65 Å². The first-order chi connectivity index (χ1) is 10.5. The van der Waals surface area contributed by atoms with Gasteiger partial charge in [0.2, 0.25) is 0 Å². The standard InChI is InChI=1S/C15H16FN5S/c1-9(2)8-22-15-19-13(10-3-5-11(16)6-4-10)12(7-17)14(20-15)21-18/h3-6,9H,8,18H2,1-2H3,(H,19,20,21). The van der Waals surface area contributed by atoms with Gasteiger partial charge in [-0.25, -0.2) is 20.2 Å². The first kappa shape index (κ1) is 16.2. The maximum atomic E-state index is 13.1. The number of nitrogens with two attached hydrogens (primary N) is 1. The maximum absolute atomic E-state index is 13.1. The van der Waals surface area contributed by atoms with E-state index in [-0.39, 0.29) is 17.2 Å². The van der Waals surface area contributed by atoms with Crippen LogP contribution in [0.1, 0.15) is 19.4 Å². The molecule has 0 aliphatic carbocycles. The second-order valence-corrected chi connectivity index (χ2v) is 6.03. The number of nitrogen functional groups attached to an aromatic ring is 1. The number of hydrazine groups is 1. The van der Waals surface area contributed by atoms with Crippen LogP contribution in [0.4, 0.5) is 10.2 Å². The van der Waals surface area contributed by atoms with Crippen molar-refractivity contribution < 1.29 is 4.39 Å². The fraction of sp³-hybridized carbons (Fsp3) is 0.267. The van der Waals surface area contributed by atoms with Gasteiger partial charge in [-0.1, -0.05) is 25.6 Å². The van der Waals surface area contributed by atoms with Crippen LogP contribution in [-0.4, -0.2) is 15.7 Å². The van der Waals surface area contributed by atoms with E-state index >= 15 is 0 Å². The molecule has 0 aliphatic heterocycles. The third-order valence-electron chi connectivity index (χ3n) is 2.80. The van der Waals surface area contributed by atoms with Gasteiger partial charge in [0.1, 0.15) is 17.4 Å². The largest absolute Gasteiger partial charge is 0.307 e. The smallest absolute Gasteiger partial charge is 0.190 e. The van der Waals surface area contributed by atoms with Gasteiger partial charge < -0.3 is 5.43 Å². The van der Waals surface area contributed by atoms with Crippen molar-refractivity contribution in [1.29, 1.82) is 5.26 Å². The van der Waals surface area contributed by atoms with Crippen molar-refractivity contribution in [3.05, 3.63) is 35.6 Å². The number of thioether (sulfide) groups is 1. The van der Waals surface area contributed by atoms with E-state index in [1.165, 1.54) is 23.9 Å². The van der Waals surface area contributed by atoms with Crippen molar-refractivity contribution in [2.75, 3.05) is 11.2 Å². The van der Waals surface area contributed by atoms with Crippen LogP contribution < -0.4 is 11.3 Å². The van der Waals surface area contributed by atoms with Gasteiger partial charge in [0.25, 0.3) is 0 Å². The molecule has 2 rings (SSSR count). The van der Waals surface area contributed by atoms with Crippen LogP contribution in [0, 0.1) is 23.1 Å². The van der Waals surface area contributed by atoms with Gasteiger partial charge in [0, 0.05) is 11.3 Å². The molecule has 0 aliphatic rings. The number of nitriles is 1. The Kier molecular flexibility index (Phi) is 5.31. The van der Waals surface area contributed by atoms with E-state index in [1.54, 1.807) is 12.1 Å². The summed E-state index contributed by atoms with van der Waals surface area (Å²) in [5, 5.41) is 9.88. The highest BCUT2D eigenvalue weighted by molar-refractivity contribution is 7.99. The minimum Gasteiger partial charge on any atom is -0.307 e. The van der Waals surface area contributed by atoms with Gasteiger partial charge >= 0.3 is 0 Å². The molecule has 1 heterocycles. The van der Waals surface area contributed by atoms with Gasteiger partial charge in [0.05, 0.1) is 5.69 Å². The first-order valence-electron chi connectivity index (χ1n) is 6.72. The van der Waals surface area contributed by atoms with E-state index in [4.69, 9.17) is 5.84 Å². The van der Waals surface area contributed by atoms with Gasteiger partial charge in [-0.15, -0.1) is 0 Å². The first-order valence-corrected chi connectivity index (χ1v) is 7.71. The molecular weight excluding hydrogens is 301 g/mol. The van der Waals surface area contributed by atoms with Crippen molar-refractivity contribution in [3.8, 4) is 17.3 Å². The molecule has 2 aromatic rings. The number of benzene rings is 1. The highest BCUT2D eigenvalue weighted by atomic mass is 32.2. The van der Waals surface area contributed by atoms with E-state index in [1.807, 2.05) is 6.07 Å². The molecule has 0 saturated carbocycles. The number of nitrogens with one attached hydrogen (secondary N) is 1. The summed E-state index contributed by atoms with van der Waals surface area (Å²) in [5.74, 6) is 6.71. The molecule has 0 fully saturated rings. The highest BCUT2D eigenvalue weighted by Crippen LogP contribution is 2.29. The van der Waals surface area contributed by atoms with Crippen LogP contribution in [0.25, 0.3) is 11.3 Å². The lowest BCUT2D eigenvalue weighted by molar-refractivity contribution is 0.628. The van der Waals surface area contributed by atoms with Crippen LogP contribution in [0.2, 0.25) is 0 Å². The molecule has 1 aromatic heterocycles. The van der Waals surface area contributed by atoms with Gasteiger partial charge in [-0.05, 0) is 30.2 Å². The molecule has 5 nitrogen and oxygen atoms in total. The zero-order chi connectivity index (χ0) is 16.1. The third-order valence-corrected chi connectivity index (χ3v) is 4.07. The molecule has 0 bridgehead atoms. The van der Waals surface area contributed by atoms with Gasteiger partial charge in [-0.2, -0.15) is 5.26 Å². The van der Waals surface area contributed by atoms with Crippen LogP contribution >= 0.6 is 11.8 Å². The quantitative estimate of drug-likeness (QED) is 0.381. The molecular formula is C15H16FN5S. The summed E-state index contributed by atoms with van der Waals surface area (Å²) in [6, 6.07) is 7.86. The molecule has 0 radical (unpaired) electrons. The fourth-order valence-electron chi connectivity index (χ4n) is 1.77. The predicted molar refractivity (Wildman–Crippen MR) is 85.5 cm³/mol. The number of halogens is 1. The SMILES string of the molecule is CC(C)CSc1nc(NN)c(C#N)c(-c2ccc(F)cc2)n1. The molecule has 0 unspecified atom stereocenters. The Labute approximate surface area is 132 Å². The minimum absolute atomic E-state index is 0.239. The van der Waals surface area contributed by atoms with Gasteiger partial charge in [0.15, 0.2) is 11.0 Å². The van der Waals surface area contributed by atoms with Crippen molar-refractivity contribution in [2.45, 2.75) is 19.0 Å². The lowest BCUT2D eigenvalue weighted by Crippen LogP contribution is -2.12. The van der Waals surface area contributed by atoms with Crippen LogP contribution in [0.3, 0.4) is 0 Å². The Hall–Kier alpha value is -2.17. The lowest BCUT2D eigenvalue weighted by Gasteiger charge is -2.11. The topological polar surface area (TPSA) is 87.6 Å². The number of anilines is 1. The van der Waals surface area contributed by atoms with Crippen molar-refractivity contribution in [2.24, 2.45) is 11.8 Å². The van der Waals surface area contributed by atoms with Gasteiger partial charge in [-0.3, -0.25) is 0 Å². The molecule has 1 aromatic carbocycles. The zero-order valence-corrected chi connectivity index (χ0v) is 13.1. The number of rotatable bonds is 5. The monoisotopic (exact) mass is 317 g/mol.